The summed E-state index contributed by atoms with van der Waals surface area (Å²) in [4.78, 5) is 46.3. The van der Waals surface area contributed by atoms with Crippen molar-refractivity contribution in [2.45, 2.75) is 69.9 Å². The lowest BCUT2D eigenvalue weighted by molar-refractivity contribution is -0.141. The average Bonchev–Trinajstić information content (AvgIpc) is 3.63. The van der Waals surface area contributed by atoms with Crippen molar-refractivity contribution < 1.29 is 19.1 Å². The zero-order valence-electron chi connectivity index (χ0n) is 26.0. The summed E-state index contributed by atoms with van der Waals surface area (Å²) in [5, 5.41) is 7.00. The summed E-state index contributed by atoms with van der Waals surface area (Å²) in [7, 11) is 2.05. The minimum absolute atomic E-state index is 0.0277. The topological polar surface area (TPSA) is 91.0 Å². The number of nitrogens with one attached hydrogen (secondary N) is 2. The second kappa shape index (κ2) is 13.1. The molecule has 2 saturated heterocycles. The van der Waals surface area contributed by atoms with Crippen LogP contribution in [0, 0.1) is 23.7 Å². The number of benzene rings is 2. The third-order valence-corrected chi connectivity index (χ3v) is 10.8. The van der Waals surface area contributed by atoms with E-state index in [4.69, 9.17) is 27.9 Å². The minimum Gasteiger partial charge on any atom is -0.359 e. The lowest BCUT2D eigenvalue weighted by atomic mass is 9.73. The van der Waals surface area contributed by atoms with Crippen molar-refractivity contribution in [3.63, 3.8) is 0 Å². The normalized spacial score (nSPS) is 31.8. The van der Waals surface area contributed by atoms with Gasteiger partial charge in [-0.05, 0) is 62.0 Å². The van der Waals surface area contributed by atoms with Crippen LogP contribution >= 0.6 is 23.2 Å². The summed E-state index contributed by atoms with van der Waals surface area (Å²) in [6.45, 7) is 6.32. The van der Waals surface area contributed by atoms with Gasteiger partial charge in [0, 0.05) is 34.9 Å². The molecule has 8 atom stereocenters. The van der Waals surface area contributed by atoms with Crippen LogP contribution in [-0.4, -0.2) is 71.4 Å². The molecule has 0 unspecified atom stereocenters. The van der Waals surface area contributed by atoms with Crippen molar-refractivity contribution in [1.29, 1.82) is 0 Å². The Morgan fingerprint density at radius 2 is 1.80 bits per heavy atom. The van der Waals surface area contributed by atoms with E-state index in [1.165, 1.54) is 5.56 Å². The number of anilines is 1. The second-order valence-corrected chi connectivity index (χ2v) is 14.2. The van der Waals surface area contributed by atoms with Crippen molar-refractivity contribution in [2.24, 2.45) is 23.7 Å². The highest BCUT2D eigenvalue weighted by Gasteiger charge is 2.72. The van der Waals surface area contributed by atoms with E-state index in [1.807, 2.05) is 30.4 Å². The van der Waals surface area contributed by atoms with E-state index < -0.39 is 29.6 Å². The van der Waals surface area contributed by atoms with Crippen LogP contribution in [-0.2, 0) is 25.7 Å². The Kier molecular flexibility index (Phi) is 9.31. The average molecular weight is 654 g/mol. The molecule has 1 spiro atoms. The van der Waals surface area contributed by atoms with Crippen LogP contribution in [0.3, 0.4) is 0 Å². The zero-order chi connectivity index (χ0) is 31.9. The van der Waals surface area contributed by atoms with Crippen molar-refractivity contribution in [1.82, 2.24) is 15.1 Å². The maximum atomic E-state index is 14.3. The number of fused-ring (bicyclic) bond motifs is 1. The van der Waals surface area contributed by atoms with Crippen molar-refractivity contribution >= 4 is 46.6 Å². The highest BCUT2D eigenvalue weighted by atomic mass is 35.5. The second-order valence-electron chi connectivity index (χ2n) is 13.3. The van der Waals surface area contributed by atoms with E-state index in [0.29, 0.717) is 40.5 Å². The number of rotatable bonds is 10. The van der Waals surface area contributed by atoms with Gasteiger partial charge in [-0.2, -0.15) is 0 Å². The predicted octanol–water partition coefficient (Wildman–Crippen LogP) is 5.55. The number of carbonyl (C=O) groups is 3. The van der Waals surface area contributed by atoms with Crippen LogP contribution < -0.4 is 10.6 Å². The summed E-state index contributed by atoms with van der Waals surface area (Å²) in [5.41, 5.74) is 0.445. The largest absolute Gasteiger partial charge is 0.359 e. The molecule has 6 rings (SSSR count). The van der Waals surface area contributed by atoms with Crippen LogP contribution in [0.2, 0.25) is 10.0 Å². The Balaban J connectivity index is 1.23. The third kappa shape index (κ3) is 6.27. The number of amides is 3. The van der Waals surface area contributed by atoms with Gasteiger partial charge in [0.25, 0.3) is 0 Å². The third-order valence-electron chi connectivity index (χ3n) is 10.3. The number of carbonyl (C=O) groups excluding carboxylic acids is 3. The van der Waals surface area contributed by atoms with Gasteiger partial charge in [-0.25, -0.2) is 0 Å². The monoisotopic (exact) mass is 652 g/mol. The van der Waals surface area contributed by atoms with Gasteiger partial charge in [-0.3, -0.25) is 14.4 Å². The number of likely N-dealkylation sites (tertiary alicyclic amines) is 1. The Morgan fingerprint density at radius 1 is 1.07 bits per heavy atom. The van der Waals surface area contributed by atoms with Gasteiger partial charge in [0.05, 0.1) is 17.9 Å². The fraction of sp³-hybridized carbons (Fsp3) is 0.514. The summed E-state index contributed by atoms with van der Waals surface area (Å²) < 4.78 is 6.52. The standard InChI is InChI=1S/C35H42Cl2N4O4/c1-21-9-7-12-27(22(21)2)39-33(43)31-35-14-13-28(45-35)29(32(42)38-26-18-24(36)17-25(37)19-26)30(35)34(44)41(31)16-8-15-40(3)20-23-10-5-4-6-11-23/h4-6,10-11,13-14,17-19,21-22,27-31H,7-9,12,15-16,20H2,1-3H3,(H,38,42)(H,39,43)/t21-,22+,27+,28+,29+,30+,31+,35+/m1/s1. The number of hydrogen-bond donors (Lipinski definition) is 2. The SMILES string of the molecule is C[C@H]1[C@H](C)CCC[C@@H]1NC(=O)[C@@H]1N(CCCN(C)Cc2ccccc2)C(=O)[C@@H]2[C@@H](C(=O)Nc3cc(Cl)cc(Cl)c3)[C@@H]3C=C[C@]21O3. The predicted molar refractivity (Wildman–Crippen MR) is 176 cm³/mol. The summed E-state index contributed by atoms with van der Waals surface area (Å²) in [5.74, 6) is -1.57. The number of hydrogen-bond acceptors (Lipinski definition) is 5. The van der Waals surface area contributed by atoms with Crippen LogP contribution in [0.5, 0.6) is 0 Å². The molecule has 3 fully saturated rings. The molecule has 0 aromatic heterocycles. The molecular formula is C35H42Cl2N4O4. The highest BCUT2D eigenvalue weighted by Crippen LogP contribution is 2.55. The summed E-state index contributed by atoms with van der Waals surface area (Å²) in [6.07, 6.45) is 6.86. The number of ether oxygens (including phenoxy) is 1. The van der Waals surface area contributed by atoms with E-state index >= 15 is 0 Å². The maximum absolute atomic E-state index is 14.3. The van der Waals surface area contributed by atoms with Gasteiger partial charge in [0.2, 0.25) is 17.7 Å². The first kappa shape index (κ1) is 32.0. The first-order valence-electron chi connectivity index (χ1n) is 16.0. The molecule has 0 radical (unpaired) electrons. The van der Waals surface area contributed by atoms with E-state index in [2.05, 4.69) is 48.6 Å². The molecule has 3 amide bonds. The van der Waals surface area contributed by atoms with Gasteiger partial charge in [0.1, 0.15) is 11.6 Å². The summed E-state index contributed by atoms with van der Waals surface area (Å²) in [6, 6.07) is 14.2. The van der Waals surface area contributed by atoms with Crippen LogP contribution in [0.4, 0.5) is 5.69 Å². The molecule has 45 heavy (non-hydrogen) atoms. The molecule has 2 bridgehead atoms. The minimum atomic E-state index is -1.21. The first-order valence-corrected chi connectivity index (χ1v) is 16.8. The lowest BCUT2D eigenvalue weighted by Gasteiger charge is -2.38. The smallest absolute Gasteiger partial charge is 0.246 e. The molecule has 2 N–H and O–H groups in total. The van der Waals surface area contributed by atoms with Gasteiger partial charge < -0.3 is 25.2 Å². The molecule has 4 aliphatic rings. The van der Waals surface area contributed by atoms with Crippen molar-refractivity contribution in [3.05, 3.63) is 76.3 Å². The van der Waals surface area contributed by atoms with E-state index in [0.717, 1.165) is 32.4 Å². The van der Waals surface area contributed by atoms with Gasteiger partial charge in [-0.1, -0.05) is 92.4 Å². The fourth-order valence-electron chi connectivity index (χ4n) is 7.89. The van der Waals surface area contributed by atoms with E-state index in [1.54, 1.807) is 23.1 Å². The molecule has 2 aromatic rings. The van der Waals surface area contributed by atoms with Crippen molar-refractivity contribution in [3.8, 4) is 0 Å². The van der Waals surface area contributed by atoms with Crippen molar-refractivity contribution in [2.75, 3.05) is 25.5 Å². The Morgan fingerprint density at radius 3 is 2.53 bits per heavy atom. The maximum Gasteiger partial charge on any atom is 0.246 e. The summed E-state index contributed by atoms with van der Waals surface area (Å²) >= 11 is 12.4. The van der Waals surface area contributed by atoms with Gasteiger partial charge >= 0.3 is 0 Å². The molecule has 10 heteroatoms. The molecule has 3 heterocycles. The van der Waals surface area contributed by atoms with Gasteiger partial charge in [-0.15, -0.1) is 0 Å². The van der Waals surface area contributed by atoms with E-state index in [9.17, 15) is 14.4 Å². The molecule has 2 aromatic carbocycles. The number of halogens is 2. The van der Waals surface area contributed by atoms with Crippen LogP contribution in [0.1, 0.15) is 45.1 Å². The van der Waals surface area contributed by atoms with Crippen LogP contribution in [0.15, 0.2) is 60.7 Å². The zero-order valence-corrected chi connectivity index (χ0v) is 27.6. The Labute approximate surface area is 275 Å². The first-order chi connectivity index (χ1) is 21.6. The quantitative estimate of drug-likeness (QED) is 0.329. The van der Waals surface area contributed by atoms with E-state index in [-0.39, 0.29) is 23.8 Å². The molecule has 3 aliphatic heterocycles. The molecule has 8 nitrogen and oxygen atoms in total. The lowest BCUT2D eigenvalue weighted by Crippen LogP contribution is -2.58. The van der Waals surface area contributed by atoms with Gasteiger partial charge in [0.15, 0.2) is 0 Å². The molecular weight excluding hydrogens is 611 g/mol. The number of nitrogens with zero attached hydrogens (tertiary/aromatic N) is 2. The molecule has 1 aliphatic carbocycles. The Bertz CT molecular complexity index is 1450. The highest BCUT2D eigenvalue weighted by molar-refractivity contribution is 6.35. The molecule has 240 valence electrons. The molecule has 1 saturated carbocycles. The van der Waals surface area contributed by atoms with Crippen LogP contribution in [0.25, 0.3) is 0 Å². The Hall–Kier alpha value is -2.91. The fourth-order valence-corrected chi connectivity index (χ4v) is 8.42.